The van der Waals surface area contributed by atoms with Gasteiger partial charge in [0.25, 0.3) is 0 Å². The number of aliphatic hydroxyl groups excluding tert-OH is 1. The van der Waals surface area contributed by atoms with E-state index >= 15 is 0 Å². The van der Waals surface area contributed by atoms with Crippen molar-refractivity contribution >= 4 is 5.69 Å². The van der Waals surface area contributed by atoms with Crippen LogP contribution in [0.3, 0.4) is 0 Å². The van der Waals surface area contributed by atoms with E-state index in [0.29, 0.717) is 24.0 Å². The fraction of sp³-hybridized carbons (Fsp3) is 0.647. The summed E-state index contributed by atoms with van der Waals surface area (Å²) in [6.45, 7) is 0.933. The van der Waals surface area contributed by atoms with E-state index in [1.165, 1.54) is 38.5 Å². The minimum atomic E-state index is -0.488. The monoisotopic (exact) mass is 292 g/mol. The van der Waals surface area contributed by atoms with Crippen LogP contribution in [-0.2, 0) is 0 Å². The van der Waals surface area contributed by atoms with Gasteiger partial charge in [-0.1, -0.05) is 37.8 Å². The van der Waals surface area contributed by atoms with Gasteiger partial charge in [-0.2, -0.15) is 0 Å². The first-order chi connectivity index (χ1) is 10.2. The summed E-state index contributed by atoms with van der Waals surface area (Å²) < 4.78 is 5.61. The summed E-state index contributed by atoms with van der Waals surface area (Å²) in [6.07, 6.45) is 7.32. The molecule has 0 radical (unpaired) electrons. The standard InChI is InChI=1S/C17H28N2O2/c1-19(14-8-4-2-3-5-9-14)12-15(20)13-21-17-11-7-6-10-16(17)18/h6-7,10-11,14-15,20H,2-5,8-9,12-13,18H2,1H3. The molecule has 0 amide bonds. The second-order valence-electron chi connectivity index (χ2n) is 6.09. The second-order valence-corrected chi connectivity index (χ2v) is 6.09. The van der Waals surface area contributed by atoms with Crippen LogP contribution in [0.5, 0.6) is 5.75 Å². The number of rotatable bonds is 6. The zero-order chi connectivity index (χ0) is 15.1. The summed E-state index contributed by atoms with van der Waals surface area (Å²) in [7, 11) is 2.11. The van der Waals surface area contributed by atoms with Crippen LogP contribution in [0.1, 0.15) is 38.5 Å². The molecule has 1 fully saturated rings. The minimum Gasteiger partial charge on any atom is -0.489 e. The van der Waals surface area contributed by atoms with Crippen LogP contribution in [0, 0.1) is 0 Å². The van der Waals surface area contributed by atoms with Crippen LogP contribution >= 0.6 is 0 Å². The third-order valence-corrected chi connectivity index (χ3v) is 4.30. The van der Waals surface area contributed by atoms with Crippen molar-refractivity contribution in [2.75, 3.05) is 25.9 Å². The smallest absolute Gasteiger partial charge is 0.142 e. The Bertz CT molecular complexity index is 417. The van der Waals surface area contributed by atoms with Crippen molar-refractivity contribution < 1.29 is 9.84 Å². The Morgan fingerprint density at radius 1 is 1.24 bits per heavy atom. The number of para-hydroxylation sites is 2. The summed E-state index contributed by atoms with van der Waals surface area (Å²) >= 11 is 0. The van der Waals surface area contributed by atoms with Crippen LogP contribution in [0.15, 0.2) is 24.3 Å². The molecule has 2 rings (SSSR count). The largest absolute Gasteiger partial charge is 0.489 e. The summed E-state index contributed by atoms with van der Waals surface area (Å²) in [5.74, 6) is 0.647. The van der Waals surface area contributed by atoms with Crippen LogP contribution in [0.25, 0.3) is 0 Å². The SMILES string of the molecule is CN(CC(O)COc1ccccc1N)C1CCCCCC1. The molecule has 0 spiro atoms. The van der Waals surface area contributed by atoms with Crippen molar-refractivity contribution in [3.63, 3.8) is 0 Å². The highest BCUT2D eigenvalue weighted by atomic mass is 16.5. The highest BCUT2D eigenvalue weighted by molar-refractivity contribution is 5.51. The number of hydrogen-bond donors (Lipinski definition) is 2. The number of nitrogens with two attached hydrogens (primary N) is 1. The van der Waals surface area contributed by atoms with Crippen molar-refractivity contribution in [2.24, 2.45) is 0 Å². The van der Waals surface area contributed by atoms with Gasteiger partial charge in [0.05, 0.1) is 5.69 Å². The molecule has 118 valence electrons. The van der Waals surface area contributed by atoms with Crippen LogP contribution in [-0.4, -0.2) is 42.4 Å². The van der Waals surface area contributed by atoms with Gasteiger partial charge < -0.3 is 20.5 Å². The lowest BCUT2D eigenvalue weighted by Crippen LogP contribution is -2.39. The maximum atomic E-state index is 10.2. The molecule has 0 heterocycles. The Labute approximate surface area is 127 Å². The van der Waals surface area contributed by atoms with Crippen molar-refractivity contribution in [3.8, 4) is 5.75 Å². The number of anilines is 1. The average molecular weight is 292 g/mol. The third kappa shape index (κ3) is 5.21. The lowest BCUT2D eigenvalue weighted by Gasteiger charge is -2.29. The second kappa shape index (κ2) is 8.25. The molecule has 0 saturated heterocycles. The molecule has 1 aliphatic rings. The number of ether oxygens (including phenoxy) is 1. The lowest BCUT2D eigenvalue weighted by atomic mass is 10.1. The summed E-state index contributed by atoms with van der Waals surface area (Å²) in [6, 6.07) is 7.99. The molecule has 4 nitrogen and oxygen atoms in total. The number of benzene rings is 1. The molecular formula is C17H28N2O2. The van der Waals surface area contributed by atoms with Gasteiger partial charge in [0.15, 0.2) is 0 Å². The number of aliphatic hydroxyl groups is 1. The third-order valence-electron chi connectivity index (χ3n) is 4.30. The maximum absolute atomic E-state index is 10.2. The zero-order valence-corrected chi connectivity index (χ0v) is 13.0. The van der Waals surface area contributed by atoms with E-state index in [-0.39, 0.29) is 6.61 Å². The molecular weight excluding hydrogens is 264 g/mol. The molecule has 0 aliphatic heterocycles. The molecule has 1 aromatic rings. The van der Waals surface area contributed by atoms with Crippen molar-refractivity contribution in [2.45, 2.75) is 50.7 Å². The van der Waals surface area contributed by atoms with Crippen LogP contribution in [0.2, 0.25) is 0 Å². The van der Waals surface area contributed by atoms with E-state index in [1.54, 1.807) is 6.07 Å². The number of hydrogen-bond acceptors (Lipinski definition) is 4. The lowest BCUT2D eigenvalue weighted by molar-refractivity contribution is 0.0606. The molecule has 1 unspecified atom stereocenters. The normalized spacial score (nSPS) is 18.4. The van der Waals surface area contributed by atoms with E-state index in [1.807, 2.05) is 18.2 Å². The highest BCUT2D eigenvalue weighted by Crippen LogP contribution is 2.22. The molecule has 21 heavy (non-hydrogen) atoms. The molecule has 3 N–H and O–H groups in total. The Morgan fingerprint density at radius 3 is 2.57 bits per heavy atom. The Hall–Kier alpha value is -1.26. The van der Waals surface area contributed by atoms with Crippen molar-refractivity contribution in [3.05, 3.63) is 24.3 Å². The van der Waals surface area contributed by atoms with E-state index in [0.717, 1.165) is 0 Å². The van der Waals surface area contributed by atoms with Gasteiger partial charge in [0, 0.05) is 12.6 Å². The number of nitrogens with zero attached hydrogens (tertiary/aromatic N) is 1. The predicted octanol–water partition coefficient (Wildman–Crippen LogP) is 2.66. The van der Waals surface area contributed by atoms with Gasteiger partial charge in [-0.3, -0.25) is 0 Å². The number of nitrogen functional groups attached to an aromatic ring is 1. The fourth-order valence-electron chi connectivity index (χ4n) is 3.03. The molecule has 0 aromatic heterocycles. The average Bonchev–Trinajstić information content (AvgIpc) is 2.75. The molecule has 1 saturated carbocycles. The van der Waals surface area contributed by atoms with Crippen molar-refractivity contribution in [1.29, 1.82) is 0 Å². The highest BCUT2D eigenvalue weighted by Gasteiger charge is 2.19. The van der Waals surface area contributed by atoms with Gasteiger partial charge in [0.1, 0.15) is 18.5 Å². The number of likely N-dealkylation sites (N-methyl/N-ethyl adjacent to an activating group) is 1. The molecule has 4 heteroatoms. The molecule has 1 aromatic carbocycles. The minimum absolute atomic E-state index is 0.283. The summed E-state index contributed by atoms with van der Waals surface area (Å²) in [5.41, 5.74) is 6.44. The first-order valence-electron chi connectivity index (χ1n) is 8.02. The zero-order valence-electron chi connectivity index (χ0n) is 13.0. The quantitative estimate of drug-likeness (QED) is 0.625. The van der Waals surface area contributed by atoms with E-state index < -0.39 is 6.10 Å². The molecule has 1 aliphatic carbocycles. The topological polar surface area (TPSA) is 58.7 Å². The predicted molar refractivity (Wildman–Crippen MR) is 86.5 cm³/mol. The van der Waals surface area contributed by atoms with Gasteiger partial charge >= 0.3 is 0 Å². The van der Waals surface area contributed by atoms with Crippen LogP contribution in [0.4, 0.5) is 5.69 Å². The van der Waals surface area contributed by atoms with Crippen LogP contribution < -0.4 is 10.5 Å². The van der Waals surface area contributed by atoms with E-state index in [2.05, 4.69) is 11.9 Å². The Balaban J connectivity index is 1.75. The fourth-order valence-corrected chi connectivity index (χ4v) is 3.03. The van der Waals surface area contributed by atoms with E-state index in [9.17, 15) is 5.11 Å². The Kier molecular flexibility index (Phi) is 6.33. The van der Waals surface area contributed by atoms with Gasteiger partial charge in [-0.05, 0) is 32.0 Å². The summed E-state index contributed by atoms with van der Waals surface area (Å²) in [5, 5.41) is 10.2. The van der Waals surface area contributed by atoms with Gasteiger partial charge in [-0.25, -0.2) is 0 Å². The summed E-state index contributed by atoms with van der Waals surface area (Å²) in [4.78, 5) is 2.29. The first-order valence-corrected chi connectivity index (χ1v) is 8.02. The van der Waals surface area contributed by atoms with Gasteiger partial charge in [0.2, 0.25) is 0 Å². The van der Waals surface area contributed by atoms with Crippen molar-refractivity contribution in [1.82, 2.24) is 4.90 Å². The maximum Gasteiger partial charge on any atom is 0.142 e. The molecule has 1 atom stereocenters. The Morgan fingerprint density at radius 2 is 1.90 bits per heavy atom. The van der Waals surface area contributed by atoms with E-state index in [4.69, 9.17) is 10.5 Å². The molecule has 0 bridgehead atoms. The first kappa shape index (κ1) is 16.1. The van der Waals surface area contributed by atoms with Gasteiger partial charge in [-0.15, -0.1) is 0 Å².